The maximum atomic E-state index is 11.6. The van der Waals surface area contributed by atoms with Gasteiger partial charge in [-0.05, 0) is 31.3 Å². The van der Waals surface area contributed by atoms with Crippen molar-refractivity contribution in [2.24, 2.45) is 0 Å². The summed E-state index contributed by atoms with van der Waals surface area (Å²) in [5.74, 6) is 0.631. The molecule has 0 radical (unpaired) electrons. The van der Waals surface area contributed by atoms with Crippen molar-refractivity contribution in [3.8, 4) is 11.4 Å². The number of para-hydroxylation sites is 2. The van der Waals surface area contributed by atoms with Crippen LogP contribution in [0.15, 0.2) is 29.1 Å². The second-order valence-corrected chi connectivity index (χ2v) is 3.48. The third kappa shape index (κ3) is 1.79. The predicted octanol–water partition coefficient (Wildman–Crippen LogP) is 1.62. The first-order chi connectivity index (χ1) is 7.74. The fourth-order valence-electron chi connectivity index (χ4n) is 1.45. The van der Waals surface area contributed by atoms with E-state index in [2.05, 4.69) is 10.2 Å². The molecular formula is C10H11N3O2S. The summed E-state index contributed by atoms with van der Waals surface area (Å²) in [4.78, 5) is 11.6. The van der Waals surface area contributed by atoms with Crippen molar-refractivity contribution in [3.05, 3.63) is 39.5 Å². The Morgan fingerprint density at radius 2 is 2.12 bits per heavy atom. The number of hydrogen-bond acceptors (Lipinski definition) is 3. The van der Waals surface area contributed by atoms with Gasteiger partial charge in [-0.3, -0.25) is 5.10 Å². The zero-order chi connectivity index (χ0) is 11.5. The van der Waals surface area contributed by atoms with Crippen molar-refractivity contribution < 1.29 is 4.74 Å². The highest BCUT2D eigenvalue weighted by Gasteiger charge is 2.08. The molecule has 1 heterocycles. The van der Waals surface area contributed by atoms with Crippen LogP contribution in [0.4, 0.5) is 0 Å². The molecule has 1 aromatic carbocycles. The molecule has 2 N–H and O–H groups in total. The first-order valence-electron chi connectivity index (χ1n) is 4.86. The standard InChI is InChI=1S/C10H11N3O2S/c1-2-15-8-6-4-3-5-7(8)13-9(14)11-12-10(13)16/h3-6H,2H2,1H3,(H,11,14)(H,12,16). The molecule has 0 aliphatic carbocycles. The van der Waals surface area contributed by atoms with Crippen LogP contribution < -0.4 is 10.4 Å². The molecule has 2 rings (SSSR count). The molecule has 0 bridgehead atoms. The molecule has 6 heteroatoms. The maximum Gasteiger partial charge on any atom is 0.347 e. The van der Waals surface area contributed by atoms with Crippen LogP contribution in [0.3, 0.4) is 0 Å². The predicted molar refractivity (Wildman–Crippen MR) is 62.7 cm³/mol. The highest BCUT2D eigenvalue weighted by Crippen LogP contribution is 2.20. The molecule has 84 valence electrons. The molecular weight excluding hydrogens is 226 g/mol. The Morgan fingerprint density at radius 1 is 1.38 bits per heavy atom. The molecule has 5 nitrogen and oxygen atoms in total. The van der Waals surface area contributed by atoms with Gasteiger partial charge in [0.25, 0.3) is 0 Å². The fourth-order valence-corrected chi connectivity index (χ4v) is 1.68. The number of H-pyrrole nitrogens is 2. The Morgan fingerprint density at radius 3 is 2.75 bits per heavy atom. The number of benzene rings is 1. The molecule has 0 aliphatic heterocycles. The van der Waals surface area contributed by atoms with Gasteiger partial charge in [-0.25, -0.2) is 14.5 Å². The van der Waals surface area contributed by atoms with Gasteiger partial charge in [0.1, 0.15) is 5.75 Å². The lowest BCUT2D eigenvalue weighted by Crippen LogP contribution is -2.15. The van der Waals surface area contributed by atoms with Gasteiger partial charge in [-0.15, -0.1) is 0 Å². The van der Waals surface area contributed by atoms with Gasteiger partial charge in [0.15, 0.2) is 0 Å². The third-order valence-electron chi connectivity index (χ3n) is 2.09. The molecule has 0 amide bonds. The lowest BCUT2D eigenvalue weighted by molar-refractivity contribution is 0.339. The summed E-state index contributed by atoms with van der Waals surface area (Å²) >= 11 is 5.02. The summed E-state index contributed by atoms with van der Waals surface area (Å²) in [6, 6.07) is 7.25. The van der Waals surface area contributed by atoms with Crippen LogP contribution in [0.25, 0.3) is 5.69 Å². The Labute approximate surface area is 96.7 Å². The summed E-state index contributed by atoms with van der Waals surface area (Å²) in [7, 11) is 0. The highest BCUT2D eigenvalue weighted by molar-refractivity contribution is 7.71. The van der Waals surface area contributed by atoms with Gasteiger partial charge < -0.3 is 4.74 Å². The topological polar surface area (TPSA) is 62.8 Å². The van der Waals surface area contributed by atoms with Crippen molar-refractivity contribution in [2.75, 3.05) is 6.61 Å². The minimum atomic E-state index is -0.308. The Hall–Kier alpha value is -1.82. The highest BCUT2D eigenvalue weighted by atomic mass is 32.1. The lowest BCUT2D eigenvalue weighted by Gasteiger charge is -2.08. The summed E-state index contributed by atoms with van der Waals surface area (Å²) in [5, 5.41) is 5.02. The van der Waals surface area contributed by atoms with Crippen molar-refractivity contribution in [3.63, 3.8) is 0 Å². The first kappa shape index (κ1) is 10.7. The number of rotatable bonds is 3. The molecule has 2 aromatic rings. The van der Waals surface area contributed by atoms with Crippen LogP contribution >= 0.6 is 12.2 Å². The number of nitrogens with one attached hydrogen (secondary N) is 2. The van der Waals surface area contributed by atoms with Gasteiger partial charge >= 0.3 is 5.69 Å². The van der Waals surface area contributed by atoms with Crippen molar-refractivity contribution >= 4 is 12.2 Å². The van der Waals surface area contributed by atoms with Gasteiger partial charge in [0, 0.05) is 0 Å². The summed E-state index contributed by atoms with van der Waals surface area (Å²) in [6.07, 6.45) is 0. The smallest absolute Gasteiger partial charge is 0.347 e. The molecule has 0 aliphatic rings. The van der Waals surface area contributed by atoms with Crippen LogP contribution in [0, 0.1) is 4.77 Å². The largest absolute Gasteiger partial charge is 0.492 e. The van der Waals surface area contributed by atoms with E-state index in [1.807, 2.05) is 19.1 Å². The molecule has 0 saturated carbocycles. The molecule has 0 spiro atoms. The Balaban J connectivity index is 2.64. The number of aromatic nitrogens is 3. The van der Waals surface area contributed by atoms with E-state index < -0.39 is 0 Å². The van der Waals surface area contributed by atoms with Crippen LogP contribution in [-0.2, 0) is 0 Å². The lowest BCUT2D eigenvalue weighted by atomic mass is 10.3. The summed E-state index contributed by atoms with van der Waals surface area (Å²) in [6.45, 7) is 2.42. The van der Waals surface area contributed by atoms with E-state index in [4.69, 9.17) is 17.0 Å². The van der Waals surface area contributed by atoms with Gasteiger partial charge in [0.05, 0.1) is 12.3 Å². The fraction of sp³-hybridized carbons (Fsp3) is 0.200. The summed E-state index contributed by atoms with van der Waals surface area (Å²) in [5.41, 5.74) is 0.328. The number of aromatic amines is 2. The van der Waals surface area contributed by atoms with E-state index in [9.17, 15) is 4.79 Å². The molecule has 16 heavy (non-hydrogen) atoms. The first-order valence-corrected chi connectivity index (χ1v) is 5.26. The molecule has 0 saturated heterocycles. The second kappa shape index (κ2) is 4.36. The van der Waals surface area contributed by atoms with Crippen LogP contribution in [0.5, 0.6) is 5.75 Å². The Bertz CT molecular complexity index is 569. The minimum absolute atomic E-state index is 0.308. The molecule has 0 atom stereocenters. The maximum absolute atomic E-state index is 11.6. The van der Waals surface area contributed by atoms with E-state index in [0.29, 0.717) is 22.8 Å². The van der Waals surface area contributed by atoms with E-state index in [-0.39, 0.29) is 5.69 Å². The minimum Gasteiger partial charge on any atom is -0.492 e. The monoisotopic (exact) mass is 237 g/mol. The van der Waals surface area contributed by atoms with Gasteiger partial charge in [-0.1, -0.05) is 12.1 Å². The number of nitrogens with zero attached hydrogens (tertiary/aromatic N) is 1. The molecule has 1 aromatic heterocycles. The SMILES string of the molecule is CCOc1ccccc1-n1c(=O)[nH][nH]c1=S. The zero-order valence-corrected chi connectivity index (χ0v) is 9.50. The van der Waals surface area contributed by atoms with E-state index in [1.165, 1.54) is 4.57 Å². The van der Waals surface area contributed by atoms with Gasteiger partial charge in [-0.2, -0.15) is 0 Å². The second-order valence-electron chi connectivity index (χ2n) is 3.10. The average Bonchev–Trinajstić information content (AvgIpc) is 2.60. The van der Waals surface area contributed by atoms with Gasteiger partial charge in [0.2, 0.25) is 4.77 Å². The normalized spacial score (nSPS) is 10.3. The number of ether oxygens (including phenoxy) is 1. The Kier molecular flexibility index (Phi) is 2.91. The van der Waals surface area contributed by atoms with Crippen LogP contribution in [0.1, 0.15) is 6.92 Å². The van der Waals surface area contributed by atoms with Crippen molar-refractivity contribution in [2.45, 2.75) is 6.92 Å². The molecule has 0 fully saturated rings. The molecule has 0 unspecified atom stereocenters. The quantitative estimate of drug-likeness (QED) is 0.797. The van der Waals surface area contributed by atoms with E-state index in [1.54, 1.807) is 12.1 Å². The average molecular weight is 237 g/mol. The summed E-state index contributed by atoms with van der Waals surface area (Å²) < 4.78 is 7.12. The van der Waals surface area contributed by atoms with Crippen LogP contribution in [0.2, 0.25) is 0 Å². The van der Waals surface area contributed by atoms with Crippen molar-refractivity contribution in [1.82, 2.24) is 14.8 Å². The van der Waals surface area contributed by atoms with Crippen molar-refractivity contribution in [1.29, 1.82) is 0 Å². The van der Waals surface area contributed by atoms with E-state index >= 15 is 0 Å². The van der Waals surface area contributed by atoms with E-state index in [0.717, 1.165) is 0 Å². The zero-order valence-electron chi connectivity index (χ0n) is 8.69. The van der Waals surface area contributed by atoms with Crippen LogP contribution in [-0.4, -0.2) is 21.4 Å². The third-order valence-corrected chi connectivity index (χ3v) is 2.37. The number of hydrogen-bond donors (Lipinski definition) is 2.